The molecule has 0 heterocycles. The van der Waals surface area contributed by atoms with Gasteiger partial charge in [0, 0.05) is 17.4 Å². The second kappa shape index (κ2) is 18.4. The van der Waals surface area contributed by atoms with Crippen molar-refractivity contribution in [1.29, 1.82) is 0 Å². The zero-order chi connectivity index (χ0) is 31.9. The quantitative estimate of drug-likeness (QED) is 0.194. The van der Waals surface area contributed by atoms with Crippen molar-refractivity contribution in [2.45, 2.75) is 99.1 Å². The van der Waals surface area contributed by atoms with Gasteiger partial charge in [0.1, 0.15) is 0 Å². The highest BCUT2D eigenvalue weighted by molar-refractivity contribution is 5.41. The van der Waals surface area contributed by atoms with Gasteiger partial charge in [0.25, 0.3) is 0 Å². The number of allylic oxidation sites excluding steroid dienone is 2. The Bertz CT molecular complexity index is 1300. The van der Waals surface area contributed by atoms with Crippen molar-refractivity contribution in [3.05, 3.63) is 119 Å². The van der Waals surface area contributed by atoms with Crippen LogP contribution in [0.5, 0.6) is 0 Å². The summed E-state index contributed by atoms with van der Waals surface area (Å²) in [6, 6.07) is 17.8. The summed E-state index contributed by atoms with van der Waals surface area (Å²) in [6.07, 6.45) is 13.2. The van der Waals surface area contributed by atoms with E-state index in [4.69, 9.17) is 0 Å². The molecule has 43 heavy (non-hydrogen) atoms. The Morgan fingerprint density at radius 1 is 0.860 bits per heavy atom. The minimum atomic E-state index is 0.160. The maximum absolute atomic E-state index is 4.41. The number of hydrogen-bond donors (Lipinski definition) is 2. The van der Waals surface area contributed by atoms with Gasteiger partial charge in [-0.25, -0.2) is 0 Å². The highest BCUT2D eigenvalue weighted by Crippen LogP contribution is 2.19. The van der Waals surface area contributed by atoms with Gasteiger partial charge in [0.2, 0.25) is 0 Å². The molecule has 0 fully saturated rings. The van der Waals surface area contributed by atoms with Crippen LogP contribution in [-0.2, 0) is 12.8 Å². The summed E-state index contributed by atoms with van der Waals surface area (Å²) in [5.74, 6) is 2.15. The van der Waals surface area contributed by atoms with Crippen molar-refractivity contribution < 1.29 is 0 Å². The summed E-state index contributed by atoms with van der Waals surface area (Å²) in [5, 5.41) is 10.1. The summed E-state index contributed by atoms with van der Waals surface area (Å²) in [7, 11) is 0. The van der Waals surface area contributed by atoms with E-state index in [1.54, 1.807) is 0 Å². The highest BCUT2D eigenvalue weighted by Gasteiger charge is 2.20. The van der Waals surface area contributed by atoms with Crippen LogP contribution in [-0.4, -0.2) is 12.1 Å². The molecule has 0 saturated heterocycles. The summed E-state index contributed by atoms with van der Waals surface area (Å²) >= 11 is 0. The Labute approximate surface area is 264 Å². The fourth-order valence-electron chi connectivity index (χ4n) is 5.43. The molecule has 2 aromatic rings. The molecular formula is C41H60N2. The van der Waals surface area contributed by atoms with Gasteiger partial charge in [-0.05, 0) is 90.7 Å². The molecular weight excluding hydrogens is 520 g/mol. The minimum absolute atomic E-state index is 0.160. The van der Waals surface area contributed by atoms with E-state index in [0.29, 0.717) is 23.7 Å². The third-order valence-corrected chi connectivity index (χ3v) is 8.01. The lowest BCUT2D eigenvalue weighted by Gasteiger charge is -2.30. The van der Waals surface area contributed by atoms with Gasteiger partial charge in [-0.3, -0.25) is 0 Å². The summed E-state index contributed by atoms with van der Waals surface area (Å²) in [5.41, 5.74) is 6.15. The molecule has 0 radical (unpaired) electrons. The van der Waals surface area contributed by atoms with Crippen LogP contribution in [0.3, 0.4) is 0 Å². The first-order valence-corrected chi connectivity index (χ1v) is 16.4. The van der Waals surface area contributed by atoms with Gasteiger partial charge in [-0.1, -0.05) is 127 Å². The monoisotopic (exact) mass is 580 g/mol. The van der Waals surface area contributed by atoms with Crippen LogP contribution < -0.4 is 21.1 Å². The number of fused-ring (bicyclic) bond motifs is 1. The molecule has 234 valence electrons. The first-order valence-electron chi connectivity index (χ1n) is 16.4. The molecule has 2 nitrogen and oxygen atoms in total. The van der Waals surface area contributed by atoms with Crippen LogP contribution in [0.25, 0.3) is 12.2 Å². The molecule has 2 N–H and O–H groups in total. The van der Waals surface area contributed by atoms with E-state index in [0.717, 1.165) is 49.9 Å². The molecule has 1 aliphatic rings. The van der Waals surface area contributed by atoms with Gasteiger partial charge >= 0.3 is 0 Å². The molecule has 0 aromatic heterocycles. The molecule has 3 rings (SSSR count). The SMILES string of the molecule is C=C(C)CCc1ccccc1.C=CC(CC(C)C)NC(=C)[C@H](CC(C)C)NC(=C)C(C)Cc1ccc2c(c1)=CCC(C)C=2. The fraction of sp³-hybridized carbons (Fsp3) is 0.463. The minimum Gasteiger partial charge on any atom is -0.381 e. The Kier molecular flexibility index (Phi) is 15.4. The molecule has 0 aliphatic heterocycles. The third kappa shape index (κ3) is 13.7. The summed E-state index contributed by atoms with van der Waals surface area (Å²) in [6.45, 7) is 32.3. The van der Waals surface area contributed by atoms with Gasteiger partial charge in [-0.15, -0.1) is 13.2 Å². The van der Waals surface area contributed by atoms with Crippen LogP contribution in [0.15, 0.2) is 97.9 Å². The van der Waals surface area contributed by atoms with Gasteiger partial charge in [-0.2, -0.15) is 0 Å². The predicted molar refractivity (Wildman–Crippen MR) is 192 cm³/mol. The molecule has 3 unspecified atom stereocenters. The molecule has 1 aliphatic carbocycles. The Morgan fingerprint density at radius 3 is 2.14 bits per heavy atom. The topological polar surface area (TPSA) is 24.1 Å². The molecule has 0 saturated carbocycles. The lowest BCUT2D eigenvalue weighted by atomic mass is 9.93. The largest absolute Gasteiger partial charge is 0.381 e. The van der Waals surface area contributed by atoms with E-state index >= 15 is 0 Å². The molecule has 0 amide bonds. The molecule has 2 aromatic carbocycles. The van der Waals surface area contributed by atoms with Crippen molar-refractivity contribution in [1.82, 2.24) is 10.6 Å². The summed E-state index contributed by atoms with van der Waals surface area (Å²) < 4.78 is 0. The molecule has 0 bridgehead atoms. The molecule has 4 atom stereocenters. The summed E-state index contributed by atoms with van der Waals surface area (Å²) in [4.78, 5) is 0. The Morgan fingerprint density at radius 2 is 1.53 bits per heavy atom. The number of nitrogens with one attached hydrogen (secondary N) is 2. The second-order valence-electron chi connectivity index (χ2n) is 13.6. The lowest BCUT2D eigenvalue weighted by Crippen LogP contribution is -2.41. The zero-order valence-corrected chi connectivity index (χ0v) is 28.4. The smallest absolute Gasteiger partial charge is 0.0653 e. The third-order valence-electron chi connectivity index (χ3n) is 8.01. The first-order chi connectivity index (χ1) is 20.4. The molecule has 0 spiro atoms. The van der Waals surface area contributed by atoms with Crippen molar-refractivity contribution in [2.75, 3.05) is 0 Å². The Balaban J connectivity index is 0.000000490. The Hall–Kier alpha value is -3.26. The number of hydrogen-bond acceptors (Lipinski definition) is 2. The van der Waals surface area contributed by atoms with E-state index in [1.165, 1.54) is 27.1 Å². The maximum atomic E-state index is 4.41. The van der Waals surface area contributed by atoms with Crippen molar-refractivity contribution in [2.24, 2.45) is 23.7 Å². The van der Waals surface area contributed by atoms with Crippen molar-refractivity contribution in [3.8, 4) is 0 Å². The van der Waals surface area contributed by atoms with Crippen molar-refractivity contribution >= 4 is 12.2 Å². The lowest BCUT2D eigenvalue weighted by molar-refractivity contribution is 0.426. The standard InChI is InChI=1S/C30H46N2.C11H14/c1-10-29(15-20(2)3)31-25(9)30(16-21(4)5)32-24(8)23(7)18-26-12-14-27-17-22(6)11-13-28(27)19-26;1-10(2)8-9-11-6-4-3-5-7-11/h10,12-14,17,19-23,29-32H,1,8-9,11,15-16,18H2,2-7H3;3-7H,1,8-9H2,2H3/t22?,23?,29?,30-;/m0./s1. The number of rotatable bonds is 16. The number of benzene rings is 2. The predicted octanol–water partition coefficient (Wildman–Crippen LogP) is 8.88. The van der Waals surface area contributed by atoms with Crippen LogP contribution >= 0.6 is 0 Å². The zero-order valence-electron chi connectivity index (χ0n) is 28.4. The molecule has 2 heteroatoms. The second-order valence-corrected chi connectivity index (χ2v) is 13.6. The normalized spacial score (nSPS) is 15.9. The number of aryl methyl sites for hydroxylation is 1. The van der Waals surface area contributed by atoms with Crippen LogP contribution in [0.1, 0.15) is 85.3 Å². The maximum Gasteiger partial charge on any atom is 0.0653 e. The van der Waals surface area contributed by atoms with Crippen LogP contribution in [0, 0.1) is 23.7 Å². The van der Waals surface area contributed by atoms with Gasteiger partial charge in [0.15, 0.2) is 0 Å². The van der Waals surface area contributed by atoms with Gasteiger partial charge in [0.05, 0.1) is 6.04 Å². The van der Waals surface area contributed by atoms with E-state index in [2.05, 4.69) is 140 Å². The fourth-order valence-corrected chi connectivity index (χ4v) is 5.43. The highest BCUT2D eigenvalue weighted by atomic mass is 15.0. The van der Waals surface area contributed by atoms with E-state index in [1.807, 2.05) is 12.1 Å². The van der Waals surface area contributed by atoms with Gasteiger partial charge < -0.3 is 10.6 Å². The average molecular weight is 581 g/mol. The van der Waals surface area contributed by atoms with E-state index in [9.17, 15) is 0 Å². The van der Waals surface area contributed by atoms with Crippen LogP contribution in [0.4, 0.5) is 0 Å². The average Bonchev–Trinajstić information content (AvgIpc) is 2.95. The van der Waals surface area contributed by atoms with Crippen LogP contribution in [0.2, 0.25) is 0 Å². The van der Waals surface area contributed by atoms with E-state index < -0.39 is 0 Å². The first kappa shape index (κ1) is 35.9. The van der Waals surface area contributed by atoms with Crippen molar-refractivity contribution in [3.63, 3.8) is 0 Å². The van der Waals surface area contributed by atoms with E-state index in [-0.39, 0.29) is 12.1 Å².